The van der Waals surface area contributed by atoms with Crippen LogP contribution in [0.15, 0.2) is 72.8 Å². The van der Waals surface area contributed by atoms with Crippen LogP contribution < -0.4 is 15.0 Å². The van der Waals surface area contributed by atoms with Crippen LogP contribution in [0.25, 0.3) is 0 Å². The van der Waals surface area contributed by atoms with Gasteiger partial charge < -0.3 is 10.1 Å². The topological polar surface area (TPSA) is 41.6 Å². The summed E-state index contributed by atoms with van der Waals surface area (Å²) in [4.78, 5) is 13.8. The summed E-state index contributed by atoms with van der Waals surface area (Å²) in [6.45, 7) is 0.211. The van der Waals surface area contributed by atoms with E-state index in [1.165, 1.54) is 11.0 Å². The molecule has 4 rings (SSSR count). The summed E-state index contributed by atoms with van der Waals surface area (Å²) in [6.07, 6.45) is -4.45. The van der Waals surface area contributed by atoms with Crippen LogP contribution in [0.1, 0.15) is 17.2 Å². The smallest absolute Gasteiger partial charge is 0.416 e. The number of ether oxygens (including phenoxy) is 1. The van der Waals surface area contributed by atoms with Crippen LogP contribution in [-0.4, -0.2) is 12.6 Å². The van der Waals surface area contributed by atoms with Crippen molar-refractivity contribution in [3.05, 3.63) is 88.9 Å². The summed E-state index contributed by atoms with van der Waals surface area (Å²) >= 11 is 5.86. The van der Waals surface area contributed by atoms with Crippen LogP contribution in [0.3, 0.4) is 0 Å². The highest BCUT2D eigenvalue weighted by Gasteiger charge is 2.35. The third-order valence-electron chi connectivity index (χ3n) is 4.74. The zero-order valence-electron chi connectivity index (χ0n) is 15.5. The first kappa shape index (κ1) is 20.1. The number of carbonyl (C=O) groups is 1. The molecule has 1 aliphatic rings. The molecule has 3 aromatic carbocycles. The van der Waals surface area contributed by atoms with E-state index >= 15 is 0 Å². The van der Waals surface area contributed by atoms with Crippen molar-refractivity contribution in [3.63, 3.8) is 0 Å². The van der Waals surface area contributed by atoms with Gasteiger partial charge in [-0.3, -0.25) is 4.90 Å². The Hall–Kier alpha value is -3.19. The number of nitrogens with one attached hydrogen (secondary N) is 1. The van der Waals surface area contributed by atoms with Gasteiger partial charge in [-0.2, -0.15) is 13.2 Å². The molecule has 1 saturated heterocycles. The van der Waals surface area contributed by atoms with Crippen molar-refractivity contribution < 1.29 is 22.7 Å². The zero-order chi connectivity index (χ0) is 21.3. The Balaban J connectivity index is 1.57. The molecular formula is C22H16ClF3N2O2. The first-order valence-corrected chi connectivity index (χ1v) is 9.47. The maximum atomic E-state index is 13.1. The molecular weight excluding hydrogens is 417 g/mol. The van der Waals surface area contributed by atoms with Gasteiger partial charge in [0, 0.05) is 17.3 Å². The maximum Gasteiger partial charge on any atom is 0.416 e. The highest BCUT2D eigenvalue weighted by Crippen LogP contribution is 2.35. The van der Waals surface area contributed by atoms with Crippen molar-refractivity contribution in [3.8, 4) is 11.5 Å². The van der Waals surface area contributed by atoms with Gasteiger partial charge >= 0.3 is 12.2 Å². The van der Waals surface area contributed by atoms with Gasteiger partial charge in [-0.1, -0.05) is 23.7 Å². The number of urea groups is 1. The fraction of sp³-hybridized carbons (Fsp3) is 0.136. The molecule has 0 bridgehead atoms. The minimum atomic E-state index is -4.45. The number of alkyl halides is 3. The van der Waals surface area contributed by atoms with Gasteiger partial charge in [0.05, 0.1) is 11.6 Å². The van der Waals surface area contributed by atoms with Crippen LogP contribution in [0.4, 0.5) is 23.7 Å². The molecule has 4 nitrogen and oxygen atoms in total. The molecule has 0 radical (unpaired) electrons. The van der Waals surface area contributed by atoms with Crippen molar-refractivity contribution in [2.75, 3.05) is 11.4 Å². The number of hydrogen-bond acceptors (Lipinski definition) is 2. The number of amides is 2. The van der Waals surface area contributed by atoms with E-state index in [1.54, 1.807) is 54.6 Å². The number of hydrogen-bond donors (Lipinski definition) is 1. The molecule has 154 valence electrons. The minimum absolute atomic E-state index is 0.211. The van der Waals surface area contributed by atoms with Crippen molar-refractivity contribution in [1.29, 1.82) is 0 Å². The van der Waals surface area contributed by atoms with Crippen LogP contribution in [0, 0.1) is 0 Å². The summed E-state index contributed by atoms with van der Waals surface area (Å²) in [5, 5.41) is 3.29. The van der Waals surface area contributed by atoms with Gasteiger partial charge in [0.15, 0.2) is 0 Å². The van der Waals surface area contributed by atoms with Gasteiger partial charge in [0.1, 0.15) is 11.5 Å². The van der Waals surface area contributed by atoms with Crippen LogP contribution in [0.5, 0.6) is 11.5 Å². The van der Waals surface area contributed by atoms with Gasteiger partial charge in [0.2, 0.25) is 0 Å². The normalized spacial score (nSPS) is 16.5. The second-order valence-electron chi connectivity index (χ2n) is 6.74. The van der Waals surface area contributed by atoms with Crippen LogP contribution >= 0.6 is 11.6 Å². The molecule has 0 saturated carbocycles. The molecule has 0 aromatic heterocycles. The highest BCUT2D eigenvalue weighted by atomic mass is 35.5. The molecule has 2 amide bonds. The van der Waals surface area contributed by atoms with Crippen LogP contribution in [-0.2, 0) is 6.18 Å². The fourth-order valence-electron chi connectivity index (χ4n) is 3.30. The Morgan fingerprint density at radius 2 is 1.60 bits per heavy atom. The average molecular weight is 433 g/mol. The quantitative estimate of drug-likeness (QED) is 0.516. The Morgan fingerprint density at radius 1 is 0.967 bits per heavy atom. The molecule has 0 aliphatic carbocycles. The first-order valence-electron chi connectivity index (χ1n) is 9.09. The van der Waals surface area contributed by atoms with Gasteiger partial charge in [-0.05, 0) is 66.2 Å². The van der Waals surface area contributed by atoms with E-state index in [1.807, 2.05) is 0 Å². The molecule has 1 fully saturated rings. The lowest BCUT2D eigenvalue weighted by molar-refractivity contribution is -0.137. The zero-order valence-corrected chi connectivity index (χ0v) is 16.2. The van der Waals surface area contributed by atoms with Crippen molar-refractivity contribution in [1.82, 2.24) is 5.32 Å². The SMILES string of the molecule is O=C1NCC(c2cccc(C(F)(F)F)c2)N1c1ccc(Oc2ccc(Cl)cc2)cc1. The monoisotopic (exact) mass is 432 g/mol. The number of nitrogens with zero attached hydrogens (tertiary/aromatic N) is 1. The van der Waals surface area contributed by atoms with Gasteiger partial charge in [-0.25, -0.2) is 4.79 Å². The van der Waals surface area contributed by atoms with E-state index in [9.17, 15) is 18.0 Å². The van der Waals surface area contributed by atoms with E-state index in [-0.39, 0.29) is 12.6 Å². The summed E-state index contributed by atoms with van der Waals surface area (Å²) in [6, 6.07) is 17.8. The molecule has 1 unspecified atom stereocenters. The molecule has 1 aliphatic heterocycles. The largest absolute Gasteiger partial charge is 0.457 e. The number of halogens is 4. The van der Waals surface area contributed by atoms with Crippen molar-refractivity contribution in [2.45, 2.75) is 12.2 Å². The Kier molecular flexibility index (Phi) is 5.30. The van der Waals surface area contributed by atoms with E-state index < -0.39 is 17.8 Å². The second kappa shape index (κ2) is 7.91. The predicted molar refractivity (Wildman–Crippen MR) is 108 cm³/mol. The molecule has 8 heteroatoms. The van der Waals surface area contributed by atoms with E-state index in [0.29, 0.717) is 27.8 Å². The first-order chi connectivity index (χ1) is 14.3. The molecule has 3 aromatic rings. The van der Waals surface area contributed by atoms with Crippen LogP contribution in [0.2, 0.25) is 5.02 Å². The van der Waals surface area contributed by atoms with E-state index in [2.05, 4.69) is 5.32 Å². The Morgan fingerprint density at radius 3 is 2.23 bits per heavy atom. The summed E-state index contributed by atoms with van der Waals surface area (Å²) < 4.78 is 45.0. The summed E-state index contributed by atoms with van der Waals surface area (Å²) in [7, 11) is 0. The highest BCUT2D eigenvalue weighted by molar-refractivity contribution is 6.30. The standard InChI is InChI=1S/C22H16ClF3N2O2/c23-16-4-8-18(9-5-16)30-19-10-6-17(7-11-19)28-20(13-27-21(28)29)14-2-1-3-15(12-14)22(24,25)26/h1-12,20H,13H2,(H,27,29). The summed E-state index contributed by atoms with van der Waals surface area (Å²) in [5.41, 5.74) is 0.214. The van der Waals surface area contributed by atoms with Crippen molar-refractivity contribution >= 4 is 23.3 Å². The maximum absolute atomic E-state index is 13.1. The van der Waals surface area contributed by atoms with Gasteiger partial charge in [0.25, 0.3) is 0 Å². The molecule has 0 spiro atoms. The third kappa shape index (κ3) is 4.21. The number of benzene rings is 3. The number of carbonyl (C=O) groups excluding carboxylic acids is 1. The molecule has 1 atom stereocenters. The number of anilines is 1. The second-order valence-corrected chi connectivity index (χ2v) is 7.18. The minimum Gasteiger partial charge on any atom is -0.457 e. The third-order valence-corrected chi connectivity index (χ3v) is 4.99. The predicted octanol–water partition coefficient (Wildman–Crippen LogP) is 6.42. The molecule has 30 heavy (non-hydrogen) atoms. The Labute approximate surface area is 175 Å². The Bertz CT molecular complexity index is 1050. The lowest BCUT2D eigenvalue weighted by Gasteiger charge is -2.24. The number of rotatable bonds is 4. The van der Waals surface area contributed by atoms with Gasteiger partial charge in [-0.15, -0.1) is 0 Å². The van der Waals surface area contributed by atoms with E-state index in [0.717, 1.165) is 12.1 Å². The molecule has 1 heterocycles. The fourth-order valence-corrected chi connectivity index (χ4v) is 3.43. The molecule has 1 N–H and O–H groups in total. The average Bonchev–Trinajstić information content (AvgIpc) is 3.11. The lowest BCUT2D eigenvalue weighted by atomic mass is 10.0. The lowest BCUT2D eigenvalue weighted by Crippen LogP contribution is -2.29. The van der Waals surface area contributed by atoms with E-state index in [4.69, 9.17) is 16.3 Å². The summed E-state index contributed by atoms with van der Waals surface area (Å²) in [5.74, 6) is 1.16. The van der Waals surface area contributed by atoms with Crippen molar-refractivity contribution in [2.24, 2.45) is 0 Å².